The average Bonchev–Trinajstić information content (AvgIpc) is 4.13. The van der Waals surface area contributed by atoms with Crippen LogP contribution in [-0.4, -0.2) is 38.1 Å². The number of hydrogen-bond donors (Lipinski definition) is 2. The van der Waals surface area contributed by atoms with Crippen LogP contribution in [0.25, 0.3) is 0 Å². The predicted octanol–water partition coefficient (Wildman–Crippen LogP) is 13.7. The van der Waals surface area contributed by atoms with E-state index in [0.29, 0.717) is 51.8 Å². The van der Waals surface area contributed by atoms with E-state index in [9.17, 15) is 13.2 Å². The van der Waals surface area contributed by atoms with E-state index in [0.717, 1.165) is 75.5 Å². The fraction of sp³-hybridized carbons (Fsp3) is 0.740. The van der Waals surface area contributed by atoms with E-state index in [1.54, 1.807) is 0 Å². The van der Waals surface area contributed by atoms with Crippen LogP contribution in [0.1, 0.15) is 151 Å². The lowest BCUT2D eigenvalue weighted by Gasteiger charge is -2.49. The first-order chi connectivity index (χ1) is 28.0. The van der Waals surface area contributed by atoms with Crippen molar-refractivity contribution >= 4 is 33.6 Å². The third-order valence-electron chi connectivity index (χ3n) is 18.2. The van der Waals surface area contributed by atoms with E-state index in [-0.39, 0.29) is 20.8 Å². The van der Waals surface area contributed by atoms with E-state index in [1.807, 2.05) is 60.7 Å². The van der Waals surface area contributed by atoms with Gasteiger partial charge < -0.3 is 4.43 Å². The van der Waals surface area contributed by atoms with Crippen LogP contribution < -0.4 is 0 Å². The van der Waals surface area contributed by atoms with Gasteiger partial charge >= 0.3 is 0 Å². The summed E-state index contributed by atoms with van der Waals surface area (Å²) in [5.74, 6) is 3.53. The Bertz CT molecular complexity index is 1990. The summed E-state index contributed by atoms with van der Waals surface area (Å²) in [6.07, 6.45) is 17.5. The zero-order valence-electron chi connectivity index (χ0n) is 37.7. The van der Waals surface area contributed by atoms with Crippen molar-refractivity contribution in [3.05, 3.63) is 60.7 Å². The molecule has 59 heavy (non-hydrogen) atoms. The fourth-order valence-electron chi connectivity index (χ4n) is 14.1. The molecule has 6 fully saturated rings. The number of ketones is 1. The summed E-state index contributed by atoms with van der Waals surface area (Å²) in [6, 6.07) is 22.7. The van der Waals surface area contributed by atoms with Crippen LogP contribution in [0.4, 0.5) is 0 Å². The third kappa shape index (κ3) is 8.16. The minimum absolute atomic E-state index is 0.125. The molecule has 0 aliphatic heterocycles. The molecule has 6 aliphatic rings. The largest absolute Gasteiger partial charge is 0.414 e. The van der Waals surface area contributed by atoms with Crippen LogP contribution in [0.15, 0.2) is 70.5 Å². The molecular formula is C50H78N2O4S2Si. The summed E-state index contributed by atoms with van der Waals surface area (Å²) in [5, 5.41) is 0. The topological polar surface area (TPSA) is 108 Å². The monoisotopic (exact) mass is 863 g/mol. The molecule has 2 N–H and O–H groups in total. The highest BCUT2D eigenvalue weighted by atomic mass is 32.2. The van der Waals surface area contributed by atoms with E-state index >= 15 is 0 Å². The fourth-order valence-corrected chi connectivity index (χ4v) is 21.5. The number of carbonyl (C=O) groups excluding carboxylic acids is 1. The van der Waals surface area contributed by atoms with Gasteiger partial charge in [-0.2, -0.15) is 0 Å². The van der Waals surface area contributed by atoms with E-state index in [2.05, 4.69) is 48.5 Å². The molecule has 6 nitrogen and oxygen atoms in total. The number of rotatable bonds is 15. The first-order valence-corrected chi connectivity index (χ1v) is 29.5. The second-order valence-electron chi connectivity index (χ2n) is 21.1. The van der Waals surface area contributed by atoms with Crippen LogP contribution in [0, 0.1) is 55.9 Å². The highest BCUT2D eigenvalue weighted by molar-refractivity contribution is 7.94. The number of Topliss-reactive ketones (excluding diaryl/α,β-unsaturated/α-hetero) is 1. The Morgan fingerprint density at radius 3 is 1.59 bits per heavy atom. The maximum atomic E-state index is 13.7. The molecule has 8 rings (SSSR count). The van der Waals surface area contributed by atoms with Crippen molar-refractivity contribution in [2.75, 3.05) is 0 Å². The molecule has 328 valence electrons. The summed E-state index contributed by atoms with van der Waals surface area (Å²) in [6.45, 7) is 16.6. The number of hydrogen-bond acceptors (Lipinski definition) is 6. The quantitative estimate of drug-likeness (QED) is 0.174. The Balaban J connectivity index is 0.000000184. The first-order valence-electron chi connectivity index (χ1n) is 23.8. The van der Waals surface area contributed by atoms with Crippen molar-refractivity contribution in [2.24, 2.45) is 46.3 Å². The van der Waals surface area contributed by atoms with Crippen molar-refractivity contribution in [3.8, 4) is 0 Å². The minimum atomic E-state index is -2.78. The van der Waals surface area contributed by atoms with Crippen LogP contribution >= 0.6 is 0 Å². The molecule has 9 heteroatoms. The molecule has 0 bridgehead atoms. The molecule has 0 amide bonds. The molecule has 0 spiro atoms. The first kappa shape index (κ1) is 45.2. The maximum Gasteiger partial charge on any atom is 0.192 e. The summed E-state index contributed by atoms with van der Waals surface area (Å²) in [7, 11) is -7.14. The van der Waals surface area contributed by atoms with Gasteiger partial charge in [0.1, 0.15) is 5.78 Å². The van der Waals surface area contributed by atoms with E-state index in [1.165, 1.54) is 50.2 Å². The van der Waals surface area contributed by atoms with E-state index in [4.69, 9.17) is 14.0 Å². The number of nitrogens with one attached hydrogen (secondary N) is 2. The van der Waals surface area contributed by atoms with E-state index < -0.39 is 27.8 Å². The van der Waals surface area contributed by atoms with Gasteiger partial charge in [0.2, 0.25) is 0 Å². The van der Waals surface area contributed by atoms with Crippen LogP contribution in [0.2, 0.25) is 18.1 Å². The Morgan fingerprint density at radius 2 is 1.12 bits per heavy atom. The van der Waals surface area contributed by atoms with Gasteiger partial charge in [-0.3, -0.25) is 4.79 Å². The normalized spacial score (nSPS) is 34.8. The maximum absolute atomic E-state index is 13.7. The number of benzene rings is 2. The molecule has 2 aromatic carbocycles. The van der Waals surface area contributed by atoms with Gasteiger partial charge in [-0.25, -0.2) is 18.0 Å². The van der Waals surface area contributed by atoms with Crippen LogP contribution in [-0.2, 0) is 28.7 Å². The second kappa shape index (κ2) is 17.0. The predicted molar refractivity (Wildman–Crippen MR) is 246 cm³/mol. The standard InChI is InChI=1S/C28H47NO2SSi.C22H31NO2S/c1-6-33(7-2,8-3)31-26-15-12-18-27(5)24(16-17-25(26)27)22(4)21-28(19-20-28)32(29,30)23-13-10-9-11-14-23;1-16(18-10-11-19-20(24)9-6-12-21(18,19)2)15-22(13-14-22)26(23,25)17-7-4-3-5-8-17/h9-11,13-14,22,24-26,29H,6-8,12,15-21H2,1-5H3;3-5,7-8,16,18-19,23H,6,9-15H2,1-2H3/t22-,24-,25+,26+,27-,32?;16-,18-,19+,21-,26?/m11/s1. The zero-order valence-corrected chi connectivity index (χ0v) is 40.3. The van der Waals surface area contributed by atoms with Gasteiger partial charge in [-0.05, 0) is 173 Å². The van der Waals surface area contributed by atoms with Crippen molar-refractivity contribution < 1.29 is 17.6 Å². The molecular weight excluding hydrogens is 785 g/mol. The van der Waals surface area contributed by atoms with Gasteiger partial charge in [0.25, 0.3) is 0 Å². The molecule has 6 aliphatic carbocycles. The molecule has 2 unspecified atom stereocenters. The summed E-state index contributed by atoms with van der Waals surface area (Å²) < 4.78 is 51.3. The van der Waals surface area contributed by atoms with Crippen LogP contribution in [0.5, 0.6) is 0 Å². The summed E-state index contributed by atoms with van der Waals surface area (Å²) >= 11 is 0. The molecule has 0 aromatic heterocycles. The highest BCUT2D eigenvalue weighted by Crippen LogP contribution is 2.63. The Kier molecular flexibility index (Phi) is 13.1. The van der Waals surface area contributed by atoms with Gasteiger partial charge in [0.05, 0.1) is 29.0 Å². The van der Waals surface area contributed by atoms with Crippen molar-refractivity contribution in [3.63, 3.8) is 0 Å². The highest BCUT2D eigenvalue weighted by Gasteiger charge is 2.59. The van der Waals surface area contributed by atoms with Crippen molar-refractivity contribution in [1.82, 2.24) is 0 Å². The SMILES string of the molecule is CC[Si](CC)(CC)O[C@H]1CCC[C@]2(C)[C@@H]([C@H](C)CC3(S(=N)(=O)c4ccccc4)CC3)CC[C@@H]12.C[C@H](CC1(S(=N)(=O)c2ccccc2)CC1)[C@H]1CC[C@H]2C(=O)CCC[C@]12C. The molecule has 0 radical (unpaired) electrons. The third-order valence-corrected chi connectivity index (χ3v) is 28.3. The van der Waals surface area contributed by atoms with Gasteiger partial charge in [0, 0.05) is 28.2 Å². The lowest BCUT2D eigenvalue weighted by Crippen LogP contribution is -2.48. The summed E-state index contributed by atoms with van der Waals surface area (Å²) in [4.78, 5) is 13.8. The lowest BCUT2D eigenvalue weighted by atomic mass is 9.61. The number of carbonyl (C=O) groups is 1. The minimum Gasteiger partial charge on any atom is -0.414 e. The number of fused-ring (bicyclic) bond motifs is 2. The zero-order chi connectivity index (χ0) is 42.5. The van der Waals surface area contributed by atoms with Gasteiger partial charge in [0.15, 0.2) is 8.32 Å². The van der Waals surface area contributed by atoms with Gasteiger partial charge in [-0.1, -0.05) is 91.3 Å². The molecule has 6 saturated carbocycles. The second-order valence-corrected chi connectivity index (χ2v) is 30.7. The smallest absolute Gasteiger partial charge is 0.192 e. The Hall–Kier alpha value is -1.81. The average molecular weight is 863 g/mol. The van der Waals surface area contributed by atoms with Crippen molar-refractivity contribution in [1.29, 1.82) is 9.56 Å². The Labute approximate surface area is 360 Å². The van der Waals surface area contributed by atoms with Crippen LogP contribution in [0.3, 0.4) is 0 Å². The lowest BCUT2D eigenvalue weighted by molar-refractivity contribution is -0.130. The molecule has 11 atom stereocenters. The molecule has 0 heterocycles. The molecule has 0 saturated heterocycles. The molecule has 2 aromatic rings. The Morgan fingerprint density at radius 1 is 0.661 bits per heavy atom. The summed E-state index contributed by atoms with van der Waals surface area (Å²) in [5.41, 5.74) is 0.462. The van der Waals surface area contributed by atoms with Crippen molar-refractivity contribution in [2.45, 2.75) is 195 Å². The van der Waals surface area contributed by atoms with Gasteiger partial charge in [-0.15, -0.1) is 0 Å².